The predicted octanol–water partition coefficient (Wildman–Crippen LogP) is 1.53. The van der Waals surface area contributed by atoms with Crippen molar-refractivity contribution in [3.63, 3.8) is 0 Å². The van der Waals surface area contributed by atoms with E-state index in [9.17, 15) is 5.11 Å². The van der Waals surface area contributed by atoms with Gasteiger partial charge in [-0.1, -0.05) is 6.92 Å². The maximum Gasteiger partial charge on any atom is 0.228 e. The number of hydrogen-bond acceptors (Lipinski definition) is 6. The van der Waals surface area contributed by atoms with Crippen LogP contribution in [0.1, 0.15) is 26.2 Å². The fraction of sp³-hybridized carbons (Fsp3) is 0.727. The van der Waals surface area contributed by atoms with Crippen LogP contribution in [0, 0.1) is 5.92 Å². The lowest BCUT2D eigenvalue weighted by Crippen LogP contribution is -2.22. The van der Waals surface area contributed by atoms with E-state index in [1.807, 2.05) is 0 Å². The lowest BCUT2D eigenvalue weighted by Gasteiger charge is -2.11. The van der Waals surface area contributed by atoms with Gasteiger partial charge in [-0.15, -0.1) is 0 Å². The molecule has 0 spiro atoms. The Morgan fingerprint density at radius 3 is 2.56 bits per heavy atom. The molecule has 100 valence electrons. The Hall–Kier alpha value is -1.14. The van der Waals surface area contributed by atoms with Crippen molar-refractivity contribution in [2.75, 3.05) is 23.7 Å². The Kier molecular flexibility index (Phi) is 4.54. The summed E-state index contributed by atoms with van der Waals surface area (Å²) >= 11 is 5.81. The Morgan fingerprint density at radius 2 is 1.94 bits per heavy atom. The lowest BCUT2D eigenvalue weighted by molar-refractivity contribution is 0.164. The summed E-state index contributed by atoms with van der Waals surface area (Å²) < 4.78 is 0. The SMILES string of the molecule is CCCNc1nc(Cl)nc(NCC(O)C2CC2)n1. The van der Waals surface area contributed by atoms with E-state index in [4.69, 9.17) is 11.6 Å². The zero-order chi connectivity index (χ0) is 13.0. The number of anilines is 2. The zero-order valence-corrected chi connectivity index (χ0v) is 11.1. The second-order valence-corrected chi connectivity index (χ2v) is 4.80. The number of rotatable bonds is 7. The van der Waals surface area contributed by atoms with Crippen molar-refractivity contribution in [3.8, 4) is 0 Å². The molecule has 1 aliphatic carbocycles. The highest BCUT2D eigenvalue weighted by Crippen LogP contribution is 2.32. The van der Waals surface area contributed by atoms with Gasteiger partial charge in [-0.3, -0.25) is 0 Å². The van der Waals surface area contributed by atoms with Crippen LogP contribution < -0.4 is 10.6 Å². The first-order valence-corrected chi connectivity index (χ1v) is 6.64. The molecule has 7 heteroatoms. The van der Waals surface area contributed by atoms with E-state index in [-0.39, 0.29) is 11.4 Å². The van der Waals surface area contributed by atoms with Crippen LogP contribution in [0.2, 0.25) is 5.28 Å². The normalized spacial score (nSPS) is 16.4. The molecule has 6 nitrogen and oxygen atoms in total. The highest BCUT2D eigenvalue weighted by atomic mass is 35.5. The van der Waals surface area contributed by atoms with Gasteiger partial charge in [0, 0.05) is 13.1 Å². The second-order valence-electron chi connectivity index (χ2n) is 4.46. The molecule has 3 N–H and O–H groups in total. The van der Waals surface area contributed by atoms with Crippen molar-refractivity contribution in [3.05, 3.63) is 5.28 Å². The van der Waals surface area contributed by atoms with Crippen molar-refractivity contribution in [1.82, 2.24) is 15.0 Å². The predicted molar refractivity (Wildman–Crippen MR) is 70.8 cm³/mol. The van der Waals surface area contributed by atoms with E-state index < -0.39 is 0 Å². The molecule has 0 amide bonds. The summed E-state index contributed by atoms with van der Waals surface area (Å²) in [6, 6.07) is 0. The van der Waals surface area contributed by atoms with Crippen LogP contribution in [0.5, 0.6) is 0 Å². The van der Waals surface area contributed by atoms with Crippen LogP contribution in [0.25, 0.3) is 0 Å². The summed E-state index contributed by atoms with van der Waals surface area (Å²) in [7, 11) is 0. The zero-order valence-electron chi connectivity index (χ0n) is 10.4. The molecule has 1 aliphatic rings. The number of aliphatic hydroxyl groups excluding tert-OH is 1. The van der Waals surface area contributed by atoms with E-state index >= 15 is 0 Å². The lowest BCUT2D eigenvalue weighted by atomic mass is 10.2. The van der Waals surface area contributed by atoms with Gasteiger partial charge in [0.05, 0.1) is 6.10 Å². The van der Waals surface area contributed by atoms with Crippen LogP contribution >= 0.6 is 11.6 Å². The van der Waals surface area contributed by atoms with Crippen molar-refractivity contribution < 1.29 is 5.11 Å². The van der Waals surface area contributed by atoms with Crippen LogP contribution in [-0.2, 0) is 0 Å². The number of nitrogens with one attached hydrogen (secondary N) is 2. The van der Waals surface area contributed by atoms with E-state index in [1.54, 1.807) is 0 Å². The van der Waals surface area contributed by atoms with Gasteiger partial charge in [0.1, 0.15) is 0 Å². The van der Waals surface area contributed by atoms with E-state index in [1.165, 1.54) is 0 Å². The Balaban J connectivity index is 1.91. The average Bonchev–Trinajstić information content (AvgIpc) is 3.17. The monoisotopic (exact) mass is 271 g/mol. The topological polar surface area (TPSA) is 83.0 Å². The molecule has 0 saturated heterocycles. The van der Waals surface area contributed by atoms with Crippen LogP contribution in [-0.4, -0.2) is 39.3 Å². The molecule has 1 heterocycles. The fourth-order valence-corrected chi connectivity index (χ4v) is 1.75. The summed E-state index contributed by atoms with van der Waals surface area (Å²) in [6.07, 6.45) is 2.84. The number of aromatic nitrogens is 3. The minimum Gasteiger partial charge on any atom is -0.391 e. The molecule has 1 aromatic rings. The quantitative estimate of drug-likeness (QED) is 0.698. The van der Waals surface area contributed by atoms with Crippen molar-refractivity contribution in [2.45, 2.75) is 32.3 Å². The van der Waals surface area contributed by atoms with E-state index in [0.29, 0.717) is 24.4 Å². The van der Waals surface area contributed by atoms with Crippen molar-refractivity contribution in [2.24, 2.45) is 5.92 Å². The molecule has 2 rings (SSSR count). The Bertz CT molecular complexity index is 399. The highest BCUT2D eigenvalue weighted by Gasteiger charge is 2.29. The summed E-state index contributed by atoms with van der Waals surface area (Å²) in [6.45, 7) is 3.28. The molecule has 1 unspecified atom stereocenters. The van der Waals surface area contributed by atoms with Gasteiger partial charge in [-0.25, -0.2) is 0 Å². The molecule has 0 aliphatic heterocycles. The number of hydrogen-bond donors (Lipinski definition) is 3. The third-order valence-corrected chi connectivity index (χ3v) is 2.95. The Labute approximate surface area is 111 Å². The fourth-order valence-electron chi connectivity index (χ4n) is 1.59. The molecule has 0 aromatic carbocycles. The first-order chi connectivity index (χ1) is 8.69. The molecule has 0 radical (unpaired) electrons. The third kappa shape index (κ3) is 3.96. The van der Waals surface area contributed by atoms with Crippen LogP contribution in [0.15, 0.2) is 0 Å². The van der Waals surface area contributed by atoms with Gasteiger partial charge in [-0.05, 0) is 36.8 Å². The summed E-state index contributed by atoms with van der Waals surface area (Å²) in [4.78, 5) is 12.1. The molecule has 1 atom stereocenters. The van der Waals surface area contributed by atoms with Crippen LogP contribution in [0.3, 0.4) is 0 Å². The molecule has 1 aromatic heterocycles. The highest BCUT2D eigenvalue weighted by molar-refractivity contribution is 6.28. The van der Waals surface area contributed by atoms with E-state index in [2.05, 4.69) is 32.5 Å². The second kappa shape index (κ2) is 6.15. The number of aliphatic hydroxyl groups is 1. The summed E-state index contributed by atoms with van der Waals surface area (Å²) in [5.41, 5.74) is 0. The standard InChI is InChI=1S/C11H18ClN5O/c1-2-5-13-10-15-9(12)16-11(17-10)14-6-8(18)7-3-4-7/h7-8,18H,2-6H2,1H3,(H2,13,14,15,16,17). The Morgan fingerprint density at radius 1 is 1.28 bits per heavy atom. The smallest absolute Gasteiger partial charge is 0.228 e. The molecular weight excluding hydrogens is 254 g/mol. The minimum atomic E-state index is -0.340. The molecular formula is C11H18ClN5O. The van der Waals surface area contributed by atoms with E-state index in [0.717, 1.165) is 25.8 Å². The van der Waals surface area contributed by atoms with Gasteiger partial charge in [-0.2, -0.15) is 15.0 Å². The van der Waals surface area contributed by atoms with Crippen LogP contribution in [0.4, 0.5) is 11.9 Å². The largest absolute Gasteiger partial charge is 0.391 e. The first kappa shape index (κ1) is 13.3. The van der Waals surface area contributed by atoms with Gasteiger partial charge >= 0.3 is 0 Å². The summed E-state index contributed by atoms with van der Waals surface area (Å²) in [5, 5.41) is 15.9. The van der Waals surface area contributed by atoms with Gasteiger partial charge in [0.25, 0.3) is 0 Å². The average molecular weight is 272 g/mol. The van der Waals surface area contributed by atoms with Gasteiger partial charge < -0.3 is 15.7 Å². The number of halogens is 1. The minimum absolute atomic E-state index is 0.145. The maximum absolute atomic E-state index is 9.75. The van der Waals surface area contributed by atoms with Crippen molar-refractivity contribution >= 4 is 23.5 Å². The molecule has 1 saturated carbocycles. The molecule has 18 heavy (non-hydrogen) atoms. The molecule has 1 fully saturated rings. The van der Waals surface area contributed by atoms with Gasteiger partial charge in [0.2, 0.25) is 17.2 Å². The maximum atomic E-state index is 9.75. The number of nitrogens with zero attached hydrogens (tertiary/aromatic N) is 3. The summed E-state index contributed by atoms with van der Waals surface area (Å²) in [5.74, 6) is 1.28. The first-order valence-electron chi connectivity index (χ1n) is 6.26. The third-order valence-electron chi connectivity index (χ3n) is 2.78. The molecule has 0 bridgehead atoms. The van der Waals surface area contributed by atoms with Gasteiger partial charge in [0.15, 0.2) is 0 Å². The van der Waals surface area contributed by atoms with Crippen molar-refractivity contribution in [1.29, 1.82) is 0 Å².